The number of nitrogens with two attached hydrogens (primary N) is 1. The molecular weight excluding hydrogens is 327 g/mol. The molecule has 1 fully saturated rings. The van der Waals surface area contributed by atoms with Crippen molar-refractivity contribution in [3.05, 3.63) is 59.9 Å². The first-order valence-corrected chi connectivity index (χ1v) is 8.10. The van der Waals surface area contributed by atoms with Crippen LogP contribution in [-0.4, -0.2) is 24.0 Å². The Morgan fingerprint density at radius 3 is 2.58 bits per heavy atom. The molecule has 1 heterocycles. The van der Waals surface area contributed by atoms with Crippen LogP contribution in [0, 0.1) is 11.7 Å². The van der Waals surface area contributed by atoms with Crippen LogP contribution in [0.5, 0.6) is 11.5 Å². The van der Waals surface area contributed by atoms with Crippen LogP contribution < -0.4 is 10.5 Å². The zero-order valence-corrected chi connectivity index (χ0v) is 14.6. The van der Waals surface area contributed by atoms with Gasteiger partial charge in [0.2, 0.25) is 0 Å². The van der Waals surface area contributed by atoms with Gasteiger partial charge in [-0.25, -0.2) is 4.39 Å². The van der Waals surface area contributed by atoms with Crippen LogP contribution in [0.25, 0.3) is 0 Å². The molecule has 3 rings (SSSR count). The van der Waals surface area contributed by atoms with Crippen molar-refractivity contribution >= 4 is 12.4 Å². The minimum absolute atomic E-state index is 0. The molecule has 0 bridgehead atoms. The highest BCUT2D eigenvalue weighted by molar-refractivity contribution is 5.85. The van der Waals surface area contributed by atoms with Crippen molar-refractivity contribution in [2.45, 2.75) is 25.9 Å². The van der Waals surface area contributed by atoms with Crippen molar-refractivity contribution in [2.75, 3.05) is 13.1 Å². The van der Waals surface area contributed by atoms with Crippen LogP contribution in [0.2, 0.25) is 0 Å². The van der Waals surface area contributed by atoms with Crippen molar-refractivity contribution < 1.29 is 9.13 Å². The topological polar surface area (TPSA) is 38.5 Å². The van der Waals surface area contributed by atoms with E-state index < -0.39 is 0 Å². The highest BCUT2D eigenvalue weighted by Crippen LogP contribution is 2.24. The van der Waals surface area contributed by atoms with Gasteiger partial charge in [0.25, 0.3) is 0 Å². The second-order valence-corrected chi connectivity index (χ2v) is 6.35. The Labute approximate surface area is 149 Å². The standard InChI is InChI=1S/C19H23FN2O.ClH/c1-14(21)16-9-10-22(13-16)12-15-5-7-18(8-6-15)23-19-4-2-3-17(20)11-19;/h2-8,11,14,16H,9-10,12-13,21H2,1H3;1H. The van der Waals surface area contributed by atoms with E-state index in [1.807, 2.05) is 12.1 Å². The summed E-state index contributed by atoms with van der Waals surface area (Å²) < 4.78 is 18.8. The molecular formula is C19H24ClFN2O. The van der Waals surface area contributed by atoms with Gasteiger partial charge in [-0.05, 0) is 55.6 Å². The minimum Gasteiger partial charge on any atom is -0.457 e. The van der Waals surface area contributed by atoms with Crippen LogP contribution in [-0.2, 0) is 6.54 Å². The van der Waals surface area contributed by atoms with E-state index in [2.05, 4.69) is 24.0 Å². The van der Waals surface area contributed by atoms with E-state index in [4.69, 9.17) is 10.5 Å². The normalized spacial score (nSPS) is 18.9. The Hall–Kier alpha value is -1.62. The molecule has 2 atom stereocenters. The zero-order valence-electron chi connectivity index (χ0n) is 13.8. The molecule has 0 aromatic heterocycles. The fraction of sp³-hybridized carbons (Fsp3) is 0.368. The summed E-state index contributed by atoms with van der Waals surface area (Å²) in [7, 11) is 0. The van der Waals surface area contributed by atoms with Crippen molar-refractivity contribution in [3.8, 4) is 11.5 Å². The van der Waals surface area contributed by atoms with Gasteiger partial charge in [0.1, 0.15) is 17.3 Å². The predicted molar refractivity (Wildman–Crippen MR) is 97.2 cm³/mol. The van der Waals surface area contributed by atoms with Gasteiger partial charge in [-0.3, -0.25) is 4.90 Å². The number of hydrogen-bond donors (Lipinski definition) is 1. The third-order valence-electron chi connectivity index (χ3n) is 4.41. The van der Waals surface area contributed by atoms with Gasteiger partial charge in [-0.1, -0.05) is 18.2 Å². The average Bonchev–Trinajstić information content (AvgIpc) is 2.98. The third-order valence-corrected chi connectivity index (χ3v) is 4.41. The van der Waals surface area contributed by atoms with Crippen LogP contribution in [0.3, 0.4) is 0 Å². The molecule has 2 aromatic carbocycles. The summed E-state index contributed by atoms with van der Waals surface area (Å²) in [6, 6.07) is 14.4. The summed E-state index contributed by atoms with van der Waals surface area (Å²) in [5.41, 5.74) is 7.24. The van der Waals surface area contributed by atoms with Gasteiger partial charge < -0.3 is 10.5 Å². The highest BCUT2D eigenvalue weighted by Gasteiger charge is 2.24. The monoisotopic (exact) mass is 350 g/mol. The quantitative estimate of drug-likeness (QED) is 0.877. The number of nitrogens with zero attached hydrogens (tertiary/aromatic N) is 1. The highest BCUT2D eigenvalue weighted by atomic mass is 35.5. The summed E-state index contributed by atoms with van der Waals surface area (Å²) in [4.78, 5) is 2.44. The molecule has 0 saturated carbocycles. The van der Waals surface area contributed by atoms with Crippen molar-refractivity contribution in [2.24, 2.45) is 11.7 Å². The van der Waals surface area contributed by atoms with Crippen molar-refractivity contribution in [3.63, 3.8) is 0 Å². The first-order valence-electron chi connectivity index (χ1n) is 8.10. The molecule has 130 valence electrons. The number of benzene rings is 2. The summed E-state index contributed by atoms with van der Waals surface area (Å²) >= 11 is 0. The first-order chi connectivity index (χ1) is 11.1. The maximum absolute atomic E-state index is 13.2. The average molecular weight is 351 g/mol. The fourth-order valence-corrected chi connectivity index (χ4v) is 3.02. The van der Waals surface area contributed by atoms with E-state index in [1.165, 1.54) is 24.1 Å². The molecule has 1 aliphatic rings. The molecule has 24 heavy (non-hydrogen) atoms. The number of halogens is 2. The molecule has 2 unspecified atom stereocenters. The molecule has 0 amide bonds. The maximum atomic E-state index is 13.2. The fourth-order valence-electron chi connectivity index (χ4n) is 3.02. The number of ether oxygens (including phenoxy) is 1. The van der Waals surface area contributed by atoms with Gasteiger partial charge in [0, 0.05) is 25.2 Å². The van der Waals surface area contributed by atoms with Crippen LogP contribution in [0.4, 0.5) is 4.39 Å². The van der Waals surface area contributed by atoms with E-state index >= 15 is 0 Å². The van der Waals surface area contributed by atoms with E-state index in [-0.39, 0.29) is 24.3 Å². The summed E-state index contributed by atoms with van der Waals surface area (Å²) in [5.74, 6) is 1.54. The van der Waals surface area contributed by atoms with E-state index in [1.54, 1.807) is 12.1 Å². The third kappa shape index (κ3) is 4.94. The Kier molecular flexibility index (Phi) is 6.60. The smallest absolute Gasteiger partial charge is 0.130 e. The molecule has 2 aromatic rings. The van der Waals surface area contributed by atoms with E-state index in [0.29, 0.717) is 17.4 Å². The van der Waals surface area contributed by atoms with Gasteiger partial charge in [0.15, 0.2) is 0 Å². The zero-order chi connectivity index (χ0) is 16.2. The molecule has 1 saturated heterocycles. The van der Waals surface area contributed by atoms with E-state index in [0.717, 1.165) is 19.6 Å². The molecule has 1 aliphatic heterocycles. The largest absolute Gasteiger partial charge is 0.457 e. The summed E-state index contributed by atoms with van der Waals surface area (Å²) in [5, 5.41) is 0. The maximum Gasteiger partial charge on any atom is 0.130 e. The molecule has 3 nitrogen and oxygen atoms in total. The predicted octanol–water partition coefficient (Wildman–Crippen LogP) is 4.21. The lowest BCUT2D eigenvalue weighted by Crippen LogP contribution is -2.29. The molecule has 0 radical (unpaired) electrons. The summed E-state index contributed by atoms with van der Waals surface area (Å²) in [6.07, 6.45) is 1.18. The Balaban J connectivity index is 0.00000208. The van der Waals surface area contributed by atoms with Crippen molar-refractivity contribution in [1.29, 1.82) is 0 Å². The Morgan fingerprint density at radius 2 is 1.96 bits per heavy atom. The lowest BCUT2D eigenvalue weighted by molar-refractivity contribution is 0.308. The lowest BCUT2D eigenvalue weighted by Gasteiger charge is -2.18. The SMILES string of the molecule is CC(N)C1CCN(Cc2ccc(Oc3cccc(F)c3)cc2)C1.Cl. The van der Waals surface area contributed by atoms with Gasteiger partial charge in [-0.2, -0.15) is 0 Å². The lowest BCUT2D eigenvalue weighted by atomic mass is 10.0. The summed E-state index contributed by atoms with van der Waals surface area (Å²) in [6.45, 7) is 5.20. The van der Waals surface area contributed by atoms with Crippen LogP contribution >= 0.6 is 12.4 Å². The number of likely N-dealkylation sites (tertiary alicyclic amines) is 1. The van der Waals surface area contributed by atoms with Gasteiger partial charge >= 0.3 is 0 Å². The van der Waals surface area contributed by atoms with Gasteiger partial charge in [-0.15, -0.1) is 12.4 Å². The molecule has 5 heteroatoms. The molecule has 0 aliphatic carbocycles. The molecule has 0 spiro atoms. The van der Waals surface area contributed by atoms with Crippen molar-refractivity contribution in [1.82, 2.24) is 4.90 Å². The number of hydrogen-bond acceptors (Lipinski definition) is 3. The second-order valence-electron chi connectivity index (χ2n) is 6.35. The second kappa shape index (κ2) is 8.47. The number of rotatable bonds is 5. The van der Waals surface area contributed by atoms with Crippen LogP contribution in [0.1, 0.15) is 18.9 Å². The Morgan fingerprint density at radius 1 is 1.21 bits per heavy atom. The van der Waals surface area contributed by atoms with Gasteiger partial charge in [0.05, 0.1) is 0 Å². The first kappa shape index (κ1) is 18.7. The molecule has 2 N–H and O–H groups in total. The Bertz CT molecular complexity index is 648. The van der Waals surface area contributed by atoms with Crippen LogP contribution in [0.15, 0.2) is 48.5 Å². The minimum atomic E-state index is -0.295. The van der Waals surface area contributed by atoms with E-state index in [9.17, 15) is 4.39 Å².